The smallest absolute Gasteiger partial charge is 0.314 e. The normalized spacial score (nSPS) is 11.1. The molecule has 0 aliphatic heterocycles. The van der Waals surface area contributed by atoms with Crippen molar-refractivity contribution in [3.05, 3.63) is 65.7 Å². The fourth-order valence-corrected chi connectivity index (χ4v) is 2.88. The fourth-order valence-electron chi connectivity index (χ4n) is 2.37. The lowest BCUT2D eigenvalue weighted by atomic mass is 10.1. The summed E-state index contributed by atoms with van der Waals surface area (Å²) in [4.78, 5) is 11.8. The molecule has 0 aliphatic carbocycles. The van der Waals surface area contributed by atoms with E-state index in [-0.39, 0.29) is 10.9 Å². The van der Waals surface area contributed by atoms with Crippen LogP contribution in [0.25, 0.3) is 0 Å². The monoisotopic (exact) mass is 361 g/mol. The lowest BCUT2D eigenvalue weighted by Gasteiger charge is -2.08. The Morgan fingerprint density at radius 3 is 2.08 bits per heavy atom. The summed E-state index contributed by atoms with van der Waals surface area (Å²) in [7, 11) is -3.67. The third-order valence-electron chi connectivity index (χ3n) is 3.72. The third-order valence-corrected chi connectivity index (χ3v) is 4.65. The average Bonchev–Trinajstić information content (AvgIpc) is 2.59. The number of nitrogens with two attached hydrogens (primary N) is 1. The molecule has 4 N–H and O–H groups in total. The van der Waals surface area contributed by atoms with Crippen molar-refractivity contribution in [2.45, 2.75) is 24.2 Å². The minimum absolute atomic E-state index is 0.0837. The molecule has 0 heterocycles. The maximum atomic E-state index is 11.7. The Kier molecular flexibility index (Phi) is 6.97. The molecule has 25 heavy (non-hydrogen) atoms. The van der Waals surface area contributed by atoms with Gasteiger partial charge in [0.05, 0.1) is 4.90 Å². The van der Waals surface area contributed by atoms with Crippen molar-refractivity contribution in [1.82, 2.24) is 10.6 Å². The molecule has 2 aromatic carbocycles. The quantitative estimate of drug-likeness (QED) is 0.625. The maximum Gasteiger partial charge on any atom is 0.314 e. The molecule has 6 nitrogen and oxygen atoms in total. The highest BCUT2D eigenvalue weighted by Crippen LogP contribution is 2.08. The summed E-state index contributed by atoms with van der Waals surface area (Å²) in [5, 5.41) is 10.7. The van der Waals surface area contributed by atoms with Crippen molar-refractivity contribution in [3.8, 4) is 0 Å². The SMILES string of the molecule is NS(=O)(=O)c1ccc(CCNC(=O)NCCCc2ccccc2)cc1. The van der Waals surface area contributed by atoms with E-state index in [0.29, 0.717) is 19.5 Å². The molecule has 0 unspecified atom stereocenters. The number of primary sulfonamides is 1. The van der Waals surface area contributed by atoms with Crippen LogP contribution in [0, 0.1) is 0 Å². The van der Waals surface area contributed by atoms with Crippen molar-refractivity contribution < 1.29 is 13.2 Å². The number of hydrogen-bond acceptors (Lipinski definition) is 3. The van der Waals surface area contributed by atoms with Crippen LogP contribution in [0.3, 0.4) is 0 Å². The average molecular weight is 361 g/mol. The fraction of sp³-hybridized carbons (Fsp3) is 0.278. The third kappa shape index (κ3) is 6.94. The second-order valence-corrected chi connectivity index (χ2v) is 7.27. The summed E-state index contributed by atoms with van der Waals surface area (Å²) in [6, 6.07) is 16.3. The first kappa shape index (κ1) is 19.0. The molecule has 0 fully saturated rings. The Morgan fingerprint density at radius 2 is 1.44 bits per heavy atom. The molecule has 0 saturated carbocycles. The van der Waals surface area contributed by atoms with Crippen LogP contribution in [0.4, 0.5) is 4.79 Å². The Hall–Kier alpha value is -2.38. The van der Waals surface area contributed by atoms with Gasteiger partial charge in [0, 0.05) is 13.1 Å². The number of carbonyl (C=O) groups excluding carboxylic acids is 1. The number of nitrogens with one attached hydrogen (secondary N) is 2. The number of urea groups is 1. The predicted molar refractivity (Wildman–Crippen MR) is 97.7 cm³/mol. The molecule has 2 aromatic rings. The summed E-state index contributed by atoms with van der Waals surface area (Å²) in [6.07, 6.45) is 2.42. The maximum absolute atomic E-state index is 11.7. The number of amides is 2. The number of carbonyl (C=O) groups is 1. The minimum Gasteiger partial charge on any atom is -0.338 e. The molecule has 2 rings (SSSR count). The van der Waals surface area contributed by atoms with Crippen molar-refractivity contribution >= 4 is 16.1 Å². The lowest BCUT2D eigenvalue weighted by molar-refractivity contribution is 0.241. The van der Waals surface area contributed by atoms with Gasteiger partial charge in [0.1, 0.15) is 0 Å². The number of sulfonamides is 1. The van der Waals surface area contributed by atoms with Crippen molar-refractivity contribution in [2.75, 3.05) is 13.1 Å². The highest BCUT2D eigenvalue weighted by Gasteiger charge is 2.06. The van der Waals surface area contributed by atoms with Crippen LogP contribution in [-0.2, 0) is 22.9 Å². The van der Waals surface area contributed by atoms with Crippen LogP contribution in [0.2, 0.25) is 0 Å². The molecule has 0 saturated heterocycles. The standard InChI is InChI=1S/C18H23N3O3S/c19-25(23,24)17-10-8-16(9-11-17)12-14-21-18(22)20-13-4-7-15-5-2-1-3-6-15/h1-3,5-6,8-11H,4,7,12-14H2,(H2,19,23,24)(H2,20,21,22). The highest BCUT2D eigenvalue weighted by atomic mass is 32.2. The van der Waals surface area contributed by atoms with Gasteiger partial charge < -0.3 is 10.6 Å². The van der Waals surface area contributed by atoms with E-state index in [9.17, 15) is 13.2 Å². The van der Waals surface area contributed by atoms with Gasteiger partial charge in [0.2, 0.25) is 10.0 Å². The van der Waals surface area contributed by atoms with E-state index in [1.807, 2.05) is 18.2 Å². The Balaban J connectivity index is 1.62. The van der Waals surface area contributed by atoms with E-state index in [1.54, 1.807) is 12.1 Å². The highest BCUT2D eigenvalue weighted by molar-refractivity contribution is 7.89. The van der Waals surface area contributed by atoms with Gasteiger partial charge in [-0.25, -0.2) is 18.4 Å². The van der Waals surface area contributed by atoms with Gasteiger partial charge >= 0.3 is 6.03 Å². The van der Waals surface area contributed by atoms with Crippen LogP contribution >= 0.6 is 0 Å². The van der Waals surface area contributed by atoms with Crippen LogP contribution in [0.15, 0.2) is 59.5 Å². The molecule has 0 aromatic heterocycles. The Morgan fingerprint density at radius 1 is 0.840 bits per heavy atom. The first-order valence-corrected chi connectivity index (χ1v) is 9.67. The molecule has 0 bridgehead atoms. The Bertz CT molecular complexity index is 775. The molecule has 0 spiro atoms. The summed E-state index contributed by atoms with van der Waals surface area (Å²) in [5.41, 5.74) is 2.18. The van der Waals surface area contributed by atoms with E-state index in [0.717, 1.165) is 18.4 Å². The first-order chi connectivity index (χ1) is 11.9. The van der Waals surface area contributed by atoms with E-state index in [1.165, 1.54) is 17.7 Å². The largest absolute Gasteiger partial charge is 0.338 e. The Labute approximate surface area is 148 Å². The number of hydrogen-bond donors (Lipinski definition) is 3. The van der Waals surface area contributed by atoms with Crippen LogP contribution in [-0.4, -0.2) is 27.5 Å². The summed E-state index contributed by atoms with van der Waals surface area (Å²) in [6.45, 7) is 1.09. The van der Waals surface area contributed by atoms with Crippen LogP contribution in [0.5, 0.6) is 0 Å². The molecule has 0 radical (unpaired) electrons. The predicted octanol–water partition coefficient (Wildman–Crippen LogP) is 1.81. The zero-order chi connectivity index (χ0) is 18.1. The first-order valence-electron chi connectivity index (χ1n) is 8.12. The second-order valence-electron chi connectivity index (χ2n) is 5.71. The molecule has 7 heteroatoms. The van der Waals surface area contributed by atoms with E-state index < -0.39 is 10.0 Å². The van der Waals surface area contributed by atoms with Gasteiger partial charge in [-0.1, -0.05) is 42.5 Å². The van der Waals surface area contributed by atoms with Crippen molar-refractivity contribution in [2.24, 2.45) is 5.14 Å². The topological polar surface area (TPSA) is 101 Å². The molecule has 0 aliphatic rings. The molecular formula is C18H23N3O3S. The molecule has 2 amide bonds. The van der Waals surface area contributed by atoms with Gasteiger partial charge in [-0.15, -0.1) is 0 Å². The van der Waals surface area contributed by atoms with Crippen molar-refractivity contribution in [1.29, 1.82) is 0 Å². The van der Waals surface area contributed by atoms with Gasteiger partial charge in [0.25, 0.3) is 0 Å². The summed E-state index contributed by atoms with van der Waals surface area (Å²) in [5.74, 6) is 0. The lowest BCUT2D eigenvalue weighted by Crippen LogP contribution is -2.37. The van der Waals surface area contributed by atoms with Gasteiger partial charge in [-0.05, 0) is 42.5 Å². The van der Waals surface area contributed by atoms with Gasteiger partial charge in [-0.2, -0.15) is 0 Å². The van der Waals surface area contributed by atoms with Crippen molar-refractivity contribution in [3.63, 3.8) is 0 Å². The molecule has 134 valence electrons. The molecular weight excluding hydrogens is 338 g/mol. The zero-order valence-electron chi connectivity index (χ0n) is 13.9. The van der Waals surface area contributed by atoms with E-state index in [4.69, 9.17) is 5.14 Å². The number of benzene rings is 2. The number of aryl methyl sites for hydroxylation is 1. The number of rotatable bonds is 8. The zero-order valence-corrected chi connectivity index (χ0v) is 14.8. The van der Waals surface area contributed by atoms with Gasteiger partial charge in [0.15, 0.2) is 0 Å². The summed E-state index contributed by atoms with van der Waals surface area (Å²) >= 11 is 0. The molecule has 0 atom stereocenters. The minimum atomic E-state index is -3.67. The van der Waals surface area contributed by atoms with Crippen LogP contribution in [0.1, 0.15) is 17.5 Å². The van der Waals surface area contributed by atoms with Crippen LogP contribution < -0.4 is 15.8 Å². The van der Waals surface area contributed by atoms with Gasteiger partial charge in [-0.3, -0.25) is 0 Å². The van der Waals surface area contributed by atoms with E-state index >= 15 is 0 Å². The second kappa shape index (κ2) is 9.19. The summed E-state index contributed by atoms with van der Waals surface area (Å²) < 4.78 is 22.4. The van der Waals surface area contributed by atoms with E-state index in [2.05, 4.69) is 22.8 Å².